The predicted octanol–water partition coefficient (Wildman–Crippen LogP) is 0.0602. The zero-order valence-corrected chi connectivity index (χ0v) is 11.5. The molecule has 1 amide bonds. The molecule has 6 nitrogen and oxygen atoms in total. The van der Waals surface area contributed by atoms with E-state index in [1.54, 1.807) is 4.90 Å². The summed E-state index contributed by atoms with van der Waals surface area (Å²) < 4.78 is 0. The van der Waals surface area contributed by atoms with Gasteiger partial charge in [0.15, 0.2) is 0 Å². The van der Waals surface area contributed by atoms with Crippen LogP contribution >= 0.6 is 0 Å². The number of hydrogen-bond donors (Lipinski definition) is 3. The van der Waals surface area contributed by atoms with Gasteiger partial charge >= 0.3 is 5.97 Å². The summed E-state index contributed by atoms with van der Waals surface area (Å²) in [6.45, 7) is 3.43. The number of piperidine rings is 1. The van der Waals surface area contributed by atoms with Crippen LogP contribution in [0.4, 0.5) is 0 Å². The Kier molecular flexibility index (Phi) is 6.80. The van der Waals surface area contributed by atoms with Crippen LogP contribution in [0.1, 0.15) is 32.6 Å². The Balaban J connectivity index is 2.29. The summed E-state index contributed by atoms with van der Waals surface area (Å²) in [5, 5.41) is 20.9. The number of carboxylic acid groups (broad SMARTS) is 1. The van der Waals surface area contributed by atoms with Crippen LogP contribution in [-0.2, 0) is 9.59 Å². The summed E-state index contributed by atoms with van der Waals surface area (Å²) in [6.07, 6.45) is 2.59. The highest BCUT2D eigenvalue weighted by atomic mass is 16.4. The number of rotatable bonds is 7. The van der Waals surface area contributed by atoms with E-state index in [-0.39, 0.29) is 31.0 Å². The van der Waals surface area contributed by atoms with Gasteiger partial charge in [-0.1, -0.05) is 6.92 Å². The number of aliphatic carboxylic acids is 1. The second-order valence-corrected chi connectivity index (χ2v) is 4.99. The Morgan fingerprint density at radius 3 is 2.47 bits per heavy atom. The maximum Gasteiger partial charge on any atom is 0.306 e. The molecule has 19 heavy (non-hydrogen) atoms. The summed E-state index contributed by atoms with van der Waals surface area (Å²) in [5.41, 5.74) is 0. The van der Waals surface area contributed by atoms with Crippen molar-refractivity contribution in [2.75, 3.05) is 26.2 Å². The van der Waals surface area contributed by atoms with Gasteiger partial charge in [-0.25, -0.2) is 0 Å². The number of nitrogens with one attached hydrogen (secondary N) is 1. The first kappa shape index (κ1) is 15.9. The number of likely N-dealkylation sites (tertiary alicyclic amines) is 1. The van der Waals surface area contributed by atoms with Gasteiger partial charge in [-0.3, -0.25) is 9.59 Å². The zero-order valence-electron chi connectivity index (χ0n) is 11.5. The lowest BCUT2D eigenvalue weighted by Crippen LogP contribution is -2.45. The molecule has 1 fully saturated rings. The molecule has 0 bridgehead atoms. The van der Waals surface area contributed by atoms with E-state index in [0.29, 0.717) is 32.4 Å². The van der Waals surface area contributed by atoms with Crippen molar-refractivity contribution in [2.45, 2.75) is 38.6 Å². The SMILES string of the molecule is CCC(CCO)NCC(=O)N1CCC(C(=O)O)CC1. The highest BCUT2D eigenvalue weighted by Crippen LogP contribution is 2.17. The quantitative estimate of drug-likeness (QED) is 0.610. The minimum absolute atomic E-state index is 0.0141. The number of carboxylic acids is 1. The average molecular weight is 272 g/mol. The molecule has 0 aromatic heterocycles. The third-order valence-corrected chi connectivity index (χ3v) is 3.71. The smallest absolute Gasteiger partial charge is 0.306 e. The Hall–Kier alpha value is -1.14. The van der Waals surface area contributed by atoms with E-state index >= 15 is 0 Å². The highest BCUT2D eigenvalue weighted by molar-refractivity contribution is 5.79. The molecule has 0 spiro atoms. The summed E-state index contributed by atoms with van der Waals surface area (Å²) in [5.74, 6) is -1.06. The van der Waals surface area contributed by atoms with Crippen LogP contribution in [0.15, 0.2) is 0 Å². The van der Waals surface area contributed by atoms with E-state index < -0.39 is 5.97 Å². The van der Waals surface area contributed by atoms with Gasteiger partial charge in [-0.05, 0) is 25.7 Å². The maximum absolute atomic E-state index is 12.0. The molecule has 0 aromatic rings. The monoisotopic (exact) mass is 272 g/mol. The molecule has 1 aliphatic rings. The lowest BCUT2D eigenvalue weighted by molar-refractivity contribution is -0.145. The summed E-state index contributed by atoms with van der Waals surface area (Å²) >= 11 is 0. The molecule has 0 saturated carbocycles. The van der Waals surface area contributed by atoms with Gasteiger partial charge in [0, 0.05) is 25.7 Å². The first-order chi connectivity index (χ1) is 9.08. The molecule has 1 saturated heterocycles. The third kappa shape index (κ3) is 5.16. The van der Waals surface area contributed by atoms with Gasteiger partial charge in [-0.15, -0.1) is 0 Å². The van der Waals surface area contributed by atoms with E-state index in [4.69, 9.17) is 10.2 Å². The average Bonchev–Trinajstić information content (AvgIpc) is 2.43. The maximum atomic E-state index is 12.0. The molecule has 0 aliphatic carbocycles. The molecule has 3 N–H and O–H groups in total. The fourth-order valence-corrected chi connectivity index (χ4v) is 2.33. The van der Waals surface area contributed by atoms with E-state index in [2.05, 4.69) is 5.32 Å². The fraction of sp³-hybridized carbons (Fsp3) is 0.846. The number of aliphatic hydroxyl groups excluding tert-OH is 1. The topological polar surface area (TPSA) is 89.9 Å². The van der Waals surface area contributed by atoms with Crippen LogP contribution < -0.4 is 5.32 Å². The third-order valence-electron chi connectivity index (χ3n) is 3.71. The van der Waals surface area contributed by atoms with Gasteiger partial charge in [0.05, 0.1) is 12.5 Å². The lowest BCUT2D eigenvalue weighted by Gasteiger charge is -2.30. The molecule has 1 atom stereocenters. The molecule has 0 aromatic carbocycles. The molecule has 6 heteroatoms. The lowest BCUT2D eigenvalue weighted by atomic mass is 9.97. The van der Waals surface area contributed by atoms with Crippen LogP contribution in [0, 0.1) is 5.92 Å². The first-order valence-electron chi connectivity index (χ1n) is 6.93. The molecule has 0 radical (unpaired) electrons. The zero-order chi connectivity index (χ0) is 14.3. The predicted molar refractivity (Wildman–Crippen MR) is 70.7 cm³/mol. The van der Waals surface area contributed by atoms with E-state index in [0.717, 1.165) is 6.42 Å². The van der Waals surface area contributed by atoms with Crippen LogP contribution in [0.5, 0.6) is 0 Å². The number of amides is 1. The van der Waals surface area contributed by atoms with Gasteiger partial charge in [0.25, 0.3) is 0 Å². The largest absolute Gasteiger partial charge is 0.481 e. The minimum atomic E-state index is -0.765. The Morgan fingerprint density at radius 2 is 2.00 bits per heavy atom. The van der Waals surface area contributed by atoms with E-state index in [1.165, 1.54) is 0 Å². The van der Waals surface area contributed by atoms with Crippen LogP contribution in [-0.4, -0.2) is 59.3 Å². The highest BCUT2D eigenvalue weighted by Gasteiger charge is 2.26. The van der Waals surface area contributed by atoms with E-state index in [1.807, 2.05) is 6.92 Å². The van der Waals surface area contributed by atoms with Crippen molar-refractivity contribution in [3.63, 3.8) is 0 Å². The summed E-state index contributed by atoms with van der Waals surface area (Å²) in [6, 6.07) is 0.158. The minimum Gasteiger partial charge on any atom is -0.481 e. The standard InChI is InChI=1S/C13H24N2O4/c1-2-11(5-8-16)14-9-12(17)15-6-3-10(4-7-15)13(18)19/h10-11,14,16H,2-9H2,1H3,(H,18,19). The van der Waals surface area contributed by atoms with Gasteiger partial charge < -0.3 is 20.4 Å². The first-order valence-corrected chi connectivity index (χ1v) is 6.93. The van der Waals surface area contributed by atoms with Crippen molar-refractivity contribution in [2.24, 2.45) is 5.92 Å². The molecule has 1 aliphatic heterocycles. The van der Waals surface area contributed by atoms with Crippen LogP contribution in [0.25, 0.3) is 0 Å². The Bertz CT molecular complexity index is 301. The molecule has 1 rings (SSSR count). The summed E-state index contributed by atoms with van der Waals surface area (Å²) in [7, 11) is 0. The second kappa shape index (κ2) is 8.12. The van der Waals surface area contributed by atoms with Gasteiger partial charge in [0.2, 0.25) is 5.91 Å². The van der Waals surface area contributed by atoms with E-state index in [9.17, 15) is 9.59 Å². The molecular formula is C13H24N2O4. The van der Waals surface area contributed by atoms with Crippen molar-refractivity contribution < 1.29 is 19.8 Å². The van der Waals surface area contributed by atoms with Crippen molar-refractivity contribution in [1.82, 2.24) is 10.2 Å². The number of carbonyl (C=O) groups is 2. The number of hydrogen-bond acceptors (Lipinski definition) is 4. The molecular weight excluding hydrogens is 248 g/mol. The fourth-order valence-electron chi connectivity index (χ4n) is 2.33. The number of nitrogens with zero attached hydrogens (tertiary/aromatic N) is 1. The second-order valence-electron chi connectivity index (χ2n) is 4.99. The van der Waals surface area contributed by atoms with Gasteiger partial charge in [0.1, 0.15) is 0 Å². The van der Waals surface area contributed by atoms with Crippen LogP contribution in [0.3, 0.4) is 0 Å². The number of aliphatic hydroxyl groups is 1. The van der Waals surface area contributed by atoms with Crippen LogP contribution in [0.2, 0.25) is 0 Å². The Labute approximate surface area is 113 Å². The normalized spacial score (nSPS) is 18.3. The van der Waals surface area contributed by atoms with Crippen molar-refractivity contribution in [3.05, 3.63) is 0 Å². The van der Waals surface area contributed by atoms with Crippen molar-refractivity contribution in [3.8, 4) is 0 Å². The molecule has 1 heterocycles. The summed E-state index contributed by atoms with van der Waals surface area (Å²) in [4.78, 5) is 24.5. The number of carbonyl (C=O) groups excluding carboxylic acids is 1. The molecule has 110 valence electrons. The van der Waals surface area contributed by atoms with Crippen molar-refractivity contribution in [1.29, 1.82) is 0 Å². The van der Waals surface area contributed by atoms with Gasteiger partial charge in [-0.2, -0.15) is 0 Å². The molecule has 1 unspecified atom stereocenters. The van der Waals surface area contributed by atoms with Crippen molar-refractivity contribution >= 4 is 11.9 Å². The Morgan fingerprint density at radius 1 is 1.37 bits per heavy atom.